The number of phenols is 1. The minimum atomic E-state index is -1.09. The van der Waals surface area contributed by atoms with Gasteiger partial charge in [0.1, 0.15) is 34.7 Å². The molecule has 1 atom stereocenters. The first-order chi connectivity index (χ1) is 13.2. The van der Waals surface area contributed by atoms with Gasteiger partial charge in [-0.05, 0) is 37.6 Å². The van der Waals surface area contributed by atoms with Crippen LogP contribution in [0, 0.1) is 0 Å². The number of ketones is 1. The van der Waals surface area contributed by atoms with Crippen LogP contribution >= 0.6 is 0 Å². The molecule has 0 fully saturated rings. The Labute approximate surface area is 164 Å². The highest BCUT2D eigenvalue weighted by Crippen LogP contribution is 2.45. The number of carbonyl (C=O) groups is 1. The van der Waals surface area contributed by atoms with Crippen LogP contribution in [0.1, 0.15) is 35.3 Å². The van der Waals surface area contributed by atoms with Gasteiger partial charge in [0, 0.05) is 18.1 Å². The van der Waals surface area contributed by atoms with E-state index in [1.165, 1.54) is 13.2 Å². The molecule has 2 aromatic rings. The molecule has 1 heterocycles. The third kappa shape index (κ3) is 3.82. The SMILES string of the molecule is COc1ccc(/C=C/C(=O)c2c(OC)cc3c(c2O)CC(C(C)(C)O)O3)cc1. The number of rotatable bonds is 6. The second-order valence-corrected chi connectivity index (χ2v) is 7.21. The number of hydrogen-bond donors (Lipinski definition) is 2. The summed E-state index contributed by atoms with van der Waals surface area (Å²) < 4.78 is 16.2. The molecule has 1 aliphatic rings. The van der Waals surface area contributed by atoms with E-state index in [2.05, 4.69) is 0 Å². The average molecular weight is 384 g/mol. The topological polar surface area (TPSA) is 85.2 Å². The number of ether oxygens (including phenoxy) is 3. The zero-order chi connectivity index (χ0) is 20.5. The molecule has 6 heteroatoms. The van der Waals surface area contributed by atoms with Crippen molar-refractivity contribution in [3.63, 3.8) is 0 Å². The number of carbonyl (C=O) groups excluding carboxylic acids is 1. The molecular weight excluding hydrogens is 360 g/mol. The van der Waals surface area contributed by atoms with Crippen molar-refractivity contribution in [1.82, 2.24) is 0 Å². The molecule has 1 unspecified atom stereocenters. The second-order valence-electron chi connectivity index (χ2n) is 7.21. The Hall–Kier alpha value is -2.99. The van der Waals surface area contributed by atoms with Gasteiger partial charge in [-0.1, -0.05) is 18.2 Å². The van der Waals surface area contributed by atoms with Crippen LogP contribution in [0.3, 0.4) is 0 Å². The summed E-state index contributed by atoms with van der Waals surface area (Å²) in [6.45, 7) is 3.28. The third-order valence-corrected chi connectivity index (χ3v) is 4.78. The van der Waals surface area contributed by atoms with Gasteiger partial charge < -0.3 is 24.4 Å². The lowest BCUT2D eigenvalue weighted by Crippen LogP contribution is -2.39. The van der Waals surface area contributed by atoms with Crippen LogP contribution in [0.2, 0.25) is 0 Å². The predicted molar refractivity (Wildman–Crippen MR) is 105 cm³/mol. The van der Waals surface area contributed by atoms with Crippen molar-refractivity contribution in [2.75, 3.05) is 14.2 Å². The molecule has 6 nitrogen and oxygen atoms in total. The van der Waals surface area contributed by atoms with Crippen molar-refractivity contribution in [3.05, 3.63) is 53.1 Å². The third-order valence-electron chi connectivity index (χ3n) is 4.78. The summed E-state index contributed by atoms with van der Waals surface area (Å²) in [7, 11) is 3.01. The van der Waals surface area contributed by atoms with Gasteiger partial charge in [0.15, 0.2) is 5.78 Å². The fourth-order valence-electron chi connectivity index (χ4n) is 3.11. The highest BCUT2D eigenvalue weighted by molar-refractivity contribution is 6.11. The first-order valence-electron chi connectivity index (χ1n) is 8.93. The van der Waals surface area contributed by atoms with Gasteiger partial charge in [0.25, 0.3) is 0 Å². The van der Waals surface area contributed by atoms with E-state index in [1.807, 2.05) is 12.1 Å². The maximum Gasteiger partial charge on any atom is 0.193 e. The van der Waals surface area contributed by atoms with Crippen molar-refractivity contribution >= 4 is 11.9 Å². The van der Waals surface area contributed by atoms with Crippen molar-refractivity contribution in [3.8, 4) is 23.0 Å². The standard InChI is InChI=1S/C22H24O6/c1-22(2,25)19-11-15-17(28-19)12-18(27-4)20(21(15)24)16(23)10-7-13-5-8-14(26-3)9-6-13/h5-10,12,19,24-25H,11H2,1-4H3/b10-7+. The number of aromatic hydroxyl groups is 1. The molecule has 1 aliphatic heterocycles. The fraction of sp³-hybridized carbons (Fsp3) is 0.318. The maximum atomic E-state index is 12.8. The first-order valence-corrected chi connectivity index (χ1v) is 8.93. The van der Waals surface area contributed by atoms with Crippen LogP contribution in [-0.2, 0) is 6.42 Å². The first kappa shape index (κ1) is 19.8. The summed E-state index contributed by atoms with van der Waals surface area (Å²) in [5.41, 5.74) is 0.302. The maximum absolute atomic E-state index is 12.8. The van der Waals surface area contributed by atoms with Crippen LogP contribution in [0.4, 0.5) is 0 Å². The molecule has 28 heavy (non-hydrogen) atoms. The summed E-state index contributed by atoms with van der Waals surface area (Å²) in [5, 5.41) is 20.9. The molecule has 148 valence electrons. The van der Waals surface area contributed by atoms with E-state index in [1.54, 1.807) is 45.2 Å². The molecule has 2 N–H and O–H groups in total. The molecule has 3 rings (SSSR count). The van der Waals surface area contributed by atoms with Crippen LogP contribution in [0.5, 0.6) is 23.0 Å². The fourth-order valence-corrected chi connectivity index (χ4v) is 3.11. The van der Waals surface area contributed by atoms with E-state index in [9.17, 15) is 15.0 Å². The number of hydrogen-bond acceptors (Lipinski definition) is 6. The van der Waals surface area contributed by atoms with E-state index >= 15 is 0 Å². The highest BCUT2D eigenvalue weighted by atomic mass is 16.5. The van der Waals surface area contributed by atoms with Crippen LogP contribution in [0.15, 0.2) is 36.4 Å². The quantitative estimate of drug-likeness (QED) is 0.587. The molecule has 0 saturated heterocycles. The van der Waals surface area contributed by atoms with E-state index in [0.717, 1.165) is 11.3 Å². The van der Waals surface area contributed by atoms with Crippen LogP contribution in [-0.4, -0.2) is 41.9 Å². The lowest BCUT2D eigenvalue weighted by Gasteiger charge is -2.24. The Morgan fingerprint density at radius 3 is 2.46 bits per heavy atom. The Morgan fingerprint density at radius 2 is 1.89 bits per heavy atom. The smallest absolute Gasteiger partial charge is 0.193 e. The molecule has 0 aliphatic carbocycles. The number of fused-ring (bicyclic) bond motifs is 1. The van der Waals surface area contributed by atoms with E-state index in [4.69, 9.17) is 14.2 Å². The van der Waals surface area contributed by atoms with Crippen molar-refractivity contribution in [2.24, 2.45) is 0 Å². The van der Waals surface area contributed by atoms with Crippen molar-refractivity contribution in [1.29, 1.82) is 0 Å². The molecule has 0 amide bonds. The van der Waals surface area contributed by atoms with Gasteiger partial charge in [-0.2, -0.15) is 0 Å². The summed E-state index contributed by atoms with van der Waals surface area (Å²) in [6, 6.07) is 8.82. The number of aliphatic hydroxyl groups is 1. The van der Waals surface area contributed by atoms with Gasteiger partial charge >= 0.3 is 0 Å². The summed E-state index contributed by atoms with van der Waals surface area (Å²) in [4.78, 5) is 12.8. The number of allylic oxidation sites excluding steroid dienone is 1. The average Bonchev–Trinajstić information content (AvgIpc) is 3.11. The Morgan fingerprint density at radius 1 is 1.21 bits per heavy atom. The molecule has 0 saturated carbocycles. The minimum Gasteiger partial charge on any atom is -0.507 e. The molecule has 0 radical (unpaired) electrons. The Kier molecular flexibility index (Phi) is 5.34. The number of methoxy groups -OCH3 is 2. The molecule has 0 aromatic heterocycles. The normalized spacial score (nSPS) is 16.0. The van der Waals surface area contributed by atoms with Crippen LogP contribution < -0.4 is 14.2 Å². The van der Waals surface area contributed by atoms with E-state index < -0.39 is 11.7 Å². The van der Waals surface area contributed by atoms with E-state index in [0.29, 0.717) is 17.7 Å². The van der Waals surface area contributed by atoms with E-state index in [-0.39, 0.29) is 22.8 Å². The zero-order valence-corrected chi connectivity index (χ0v) is 16.4. The van der Waals surface area contributed by atoms with Crippen molar-refractivity contribution < 1.29 is 29.2 Å². The summed E-state index contributed by atoms with van der Waals surface area (Å²) >= 11 is 0. The molecular formula is C22H24O6. The number of phenolic OH excluding ortho intramolecular Hbond substituents is 1. The lowest BCUT2D eigenvalue weighted by molar-refractivity contribution is -0.0230. The Bertz CT molecular complexity index is 906. The summed E-state index contributed by atoms with van der Waals surface area (Å²) in [5.74, 6) is 0.794. The monoisotopic (exact) mass is 384 g/mol. The minimum absolute atomic E-state index is 0.0750. The molecule has 0 spiro atoms. The lowest BCUT2D eigenvalue weighted by atomic mass is 9.95. The van der Waals surface area contributed by atoms with Gasteiger partial charge in [-0.25, -0.2) is 0 Å². The largest absolute Gasteiger partial charge is 0.507 e. The van der Waals surface area contributed by atoms with Gasteiger partial charge in [-0.15, -0.1) is 0 Å². The second kappa shape index (κ2) is 7.56. The Balaban J connectivity index is 1.91. The number of benzene rings is 2. The zero-order valence-electron chi connectivity index (χ0n) is 16.4. The van der Waals surface area contributed by atoms with Crippen LogP contribution in [0.25, 0.3) is 6.08 Å². The van der Waals surface area contributed by atoms with Crippen molar-refractivity contribution in [2.45, 2.75) is 32.0 Å². The van der Waals surface area contributed by atoms with Gasteiger partial charge in [0.05, 0.1) is 19.8 Å². The predicted octanol–water partition coefficient (Wildman–Crippen LogP) is 3.38. The van der Waals surface area contributed by atoms with Gasteiger partial charge in [-0.3, -0.25) is 4.79 Å². The molecule has 0 bridgehead atoms. The van der Waals surface area contributed by atoms with Gasteiger partial charge in [0.2, 0.25) is 0 Å². The highest BCUT2D eigenvalue weighted by Gasteiger charge is 2.38. The summed E-state index contributed by atoms with van der Waals surface area (Å²) in [6.07, 6.45) is 2.83. The molecule has 2 aromatic carbocycles.